The van der Waals surface area contributed by atoms with Gasteiger partial charge in [0.2, 0.25) is 0 Å². The molecule has 0 radical (unpaired) electrons. The van der Waals surface area contributed by atoms with Gasteiger partial charge < -0.3 is 0 Å². The van der Waals surface area contributed by atoms with E-state index in [1.165, 1.54) is 6.07 Å². The summed E-state index contributed by atoms with van der Waals surface area (Å²) in [5.74, 6) is 0. The van der Waals surface area contributed by atoms with Crippen molar-refractivity contribution in [2.45, 2.75) is 17.8 Å². The molecule has 0 aromatic heterocycles. The average Bonchev–Trinajstić information content (AvgIpc) is 3.51. The van der Waals surface area contributed by atoms with Crippen molar-refractivity contribution in [3.05, 3.63) is 166 Å². The Morgan fingerprint density at radius 3 is 1.35 bits per heavy atom. The normalized spacial score (nSPS) is 14.2. The first kappa shape index (κ1) is 28.6. The number of benzene rings is 6. The summed E-state index contributed by atoms with van der Waals surface area (Å²) in [6.07, 6.45) is -9.95. The molecule has 0 amide bonds. The van der Waals surface area contributed by atoms with Crippen LogP contribution in [-0.4, -0.2) is 0 Å². The summed E-state index contributed by atoms with van der Waals surface area (Å²) in [6, 6.07) is 37.0. The molecular formula is C39H21ClF6. The van der Waals surface area contributed by atoms with E-state index in [1.54, 1.807) is 12.1 Å². The van der Waals surface area contributed by atoms with E-state index < -0.39 is 28.9 Å². The monoisotopic (exact) mass is 638 g/mol. The fourth-order valence-electron chi connectivity index (χ4n) is 7.43. The summed E-state index contributed by atoms with van der Waals surface area (Å²) in [4.78, 5) is 0. The summed E-state index contributed by atoms with van der Waals surface area (Å²) in [5, 5.41) is 0.188. The first-order chi connectivity index (χ1) is 22.0. The van der Waals surface area contributed by atoms with Crippen LogP contribution in [0.4, 0.5) is 26.3 Å². The molecule has 6 aromatic rings. The van der Waals surface area contributed by atoms with Crippen LogP contribution in [-0.2, 0) is 17.8 Å². The van der Waals surface area contributed by atoms with Gasteiger partial charge in [0.15, 0.2) is 0 Å². The SMILES string of the molecule is FC(F)(F)c1cc(-c2cc(Cl)cc(-c3cccc4c3C3(c5ccccc5-c5ccccc53)c3ccccc3-4)c2)cc(C(F)(F)F)c1. The molecule has 0 atom stereocenters. The van der Waals surface area contributed by atoms with Crippen LogP contribution < -0.4 is 0 Å². The van der Waals surface area contributed by atoms with Gasteiger partial charge in [-0.3, -0.25) is 0 Å². The molecule has 0 saturated heterocycles. The van der Waals surface area contributed by atoms with Crippen LogP contribution in [0.3, 0.4) is 0 Å². The van der Waals surface area contributed by atoms with Crippen molar-refractivity contribution >= 4 is 11.6 Å². The number of fused-ring (bicyclic) bond motifs is 10. The summed E-state index contributed by atoms with van der Waals surface area (Å²) >= 11 is 6.62. The van der Waals surface area contributed by atoms with E-state index in [0.717, 1.165) is 62.2 Å². The Morgan fingerprint density at radius 2 is 0.826 bits per heavy atom. The molecule has 46 heavy (non-hydrogen) atoms. The minimum atomic E-state index is -4.97. The number of halogens is 7. The third-order valence-electron chi connectivity index (χ3n) is 9.14. The quantitative estimate of drug-likeness (QED) is 0.165. The van der Waals surface area contributed by atoms with Crippen LogP contribution in [0.25, 0.3) is 44.5 Å². The maximum Gasteiger partial charge on any atom is 0.416 e. The largest absolute Gasteiger partial charge is 0.416 e. The van der Waals surface area contributed by atoms with E-state index in [2.05, 4.69) is 42.5 Å². The van der Waals surface area contributed by atoms with Crippen molar-refractivity contribution < 1.29 is 26.3 Å². The van der Waals surface area contributed by atoms with Crippen molar-refractivity contribution in [1.29, 1.82) is 0 Å². The van der Waals surface area contributed by atoms with Crippen LogP contribution in [0.15, 0.2) is 127 Å². The molecule has 0 N–H and O–H groups in total. The predicted octanol–water partition coefficient (Wildman–Crippen LogP) is 12.1. The molecule has 0 aliphatic heterocycles. The fraction of sp³-hybridized carbons (Fsp3) is 0.0769. The lowest BCUT2D eigenvalue weighted by molar-refractivity contribution is -0.143. The van der Waals surface area contributed by atoms with Crippen molar-refractivity contribution in [2.75, 3.05) is 0 Å². The van der Waals surface area contributed by atoms with Gasteiger partial charge in [0, 0.05) is 5.02 Å². The molecule has 0 saturated carbocycles. The molecule has 226 valence electrons. The highest BCUT2D eigenvalue weighted by atomic mass is 35.5. The summed E-state index contributed by atoms with van der Waals surface area (Å²) in [6.45, 7) is 0. The maximum absolute atomic E-state index is 13.8. The first-order valence-corrected chi connectivity index (χ1v) is 14.9. The lowest BCUT2D eigenvalue weighted by atomic mass is 9.68. The lowest BCUT2D eigenvalue weighted by Crippen LogP contribution is -2.26. The van der Waals surface area contributed by atoms with Crippen molar-refractivity contribution in [2.24, 2.45) is 0 Å². The third kappa shape index (κ3) is 4.09. The minimum absolute atomic E-state index is 0.134. The Kier molecular flexibility index (Phi) is 6.13. The summed E-state index contributed by atoms with van der Waals surface area (Å²) < 4.78 is 82.6. The van der Waals surface area contributed by atoms with Gasteiger partial charge in [-0.05, 0) is 103 Å². The standard InChI is InChI=1S/C39H21ClF6/c40-27-19-22(23-17-25(38(41,42)43)21-26(18-23)39(44,45)46)16-24(20-27)28-11-7-12-32-31-10-3-6-15-35(31)37(36(28)32)33-13-4-1-8-29(33)30-9-2-5-14-34(30)37/h1-21H. The van der Waals surface area contributed by atoms with Gasteiger partial charge in [0.25, 0.3) is 0 Å². The van der Waals surface area contributed by atoms with E-state index in [0.29, 0.717) is 5.56 Å². The van der Waals surface area contributed by atoms with Crippen LogP contribution in [0.5, 0.6) is 0 Å². The number of hydrogen-bond donors (Lipinski definition) is 0. The Bertz CT molecular complexity index is 2110. The summed E-state index contributed by atoms with van der Waals surface area (Å²) in [5.41, 5.74) is 6.37. The van der Waals surface area contributed by atoms with Gasteiger partial charge in [0.05, 0.1) is 16.5 Å². The predicted molar refractivity (Wildman–Crippen MR) is 169 cm³/mol. The second kappa shape index (κ2) is 9.84. The Hall–Kier alpha value is -4.81. The Morgan fingerprint density at radius 1 is 0.413 bits per heavy atom. The van der Waals surface area contributed by atoms with E-state index in [9.17, 15) is 26.3 Å². The van der Waals surface area contributed by atoms with Crippen molar-refractivity contribution in [3.8, 4) is 44.5 Å². The molecule has 7 heteroatoms. The molecule has 2 aliphatic carbocycles. The topological polar surface area (TPSA) is 0 Å². The molecule has 2 aliphatic rings. The Labute approximate surface area is 265 Å². The molecule has 1 spiro atoms. The Balaban J connectivity index is 1.42. The smallest absolute Gasteiger partial charge is 0.166 e. The minimum Gasteiger partial charge on any atom is -0.166 e. The summed E-state index contributed by atoms with van der Waals surface area (Å²) in [7, 11) is 0. The average molecular weight is 639 g/mol. The van der Waals surface area contributed by atoms with Gasteiger partial charge in [-0.25, -0.2) is 0 Å². The molecule has 0 unspecified atom stereocenters. The van der Waals surface area contributed by atoms with E-state index in [1.807, 2.05) is 48.5 Å². The van der Waals surface area contributed by atoms with Gasteiger partial charge in [0.1, 0.15) is 0 Å². The second-order valence-corrected chi connectivity index (χ2v) is 12.1. The van der Waals surface area contributed by atoms with Crippen LogP contribution in [0.2, 0.25) is 5.02 Å². The number of hydrogen-bond acceptors (Lipinski definition) is 0. The highest BCUT2D eigenvalue weighted by molar-refractivity contribution is 6.31. The van der Waals surface area contributed by atoms with Crippen LogP contribution in [0, 0.1) is 0 Å². The molecule has 0 fully saturated rings. The molecule has 8 rings (SSSR count). The van der Waals surface area contributed by atoms with Crippen molar-refractivity contribution in [3.63, 3.8) is 0 Å². The van der Waals surface area contributed by atoms with Crippen LogP contribution >= 0.6 is 11.6 Å². The van der Waals surface area contributed by atoms with E-state index in [-0.39, 0.29) is 22.2 Å². The molecule has 0 heterocycles. The zero-order valence-corrected chi connectivity index (χ0v) is 24.5. The third-order valence-corrected chi connectivity index (χ3v) is 9.36. The number of rotatable bonds is 2. The van der Waals surface area contributed by atoms with Crippen LogP contribution in [0.1, 0.15) is 33.4 Å². The van der Waals surface area contributed by atoms with Gasteiger partial charge >= 0.3 is 12.4 Å². The zero-order chi connectivity index (χ0) is 32.0. The molecule has 6 aromatic carbocycles. The molecule has 0 bridgehead atoms. The second-order valence-electron chi connectivity index (χ2n) is 11.6. The van der Waals surface area contributed by atoms with Gasteiger partial charge in [-0.1, -0.05) is 103 Å². The lowest BCUT2D eigenvalue weighted by Gasteiger charge is -2.32. The fourth-order valence-corrected chi connectivity index (χ4v) is 7.66. The van der Waals surface area contributed by atoms with Gasteiger partial charge in [-0.2, -0.15) is 26.3 Å². The first-order valence-electron chi connectivity index (χ1n) is 14.5. The highest BCUT2D eigenvalue weighted by Gasteiger charge is 2.52. The van der Waals surface area contributed by atoms with Gasteiger partial charge in [-0.15, -0.1) is 0 Å². The molecule has 0 nitrogen and oxygen atoms in total. The van der Waals surface area contributed by atoms with E-state index in [4.69, 9.17) is 11.6 Å². The maximum atomic E-state index is 13.8. The number of alkyl halides is 6. The zero-order valence-electron chi connectivity index (χ0n) is 23.8. The van der Waals surface area contributed by atoms with Crippen molar-refractivity contribution in [1.82, 2.24) is 0 Å². The van der Waals surface area contributed by atoms with E-state index >= 15 is 0 Å². The molecular weight excluding hydrogens is 618 g/mol. The highest BCUT2D eigenvalue weighted by Crippen LogP contribution is 2.64.